The summed E-state index contributed by atoms with van der Waals surface area (Å²) in [6.07, 6.45) is 8.27. The van der Waals surface area contributed by atoms with E-state index in [0.29, 0.717) is 117 Å². The first kappa shape index (κ1) is 88.3. The van der Waals surface area contributed by atoms with E-state index in [4.69, 9.17) is 81.1 Å². The van der Waals surface area contributed by atoms with Crippen LogP contribution in [0.25, 0.3) is 67.8 Å². The third-order valence-corrected chi connectivity index (χ3v) is 21.8. The number of hydrogen-bond donors (Lipinski definition) is 6. The third-order valence-electron chi connectivity index (χ3n) is 16.2. The number of epoxide rings is 1. The number of nitrogens with two attached hydrogens (primary N) is 2. The van der Waals surface area contributed by atoms with Gasteiger partial charge in [-0.3, -0.25) is 24.8 Å². The number of rotatable bonds is 49. The van der Waals surface area contributed by atoms with Gasteiger partial charge in [0.2, 0.25) is 0 Å². The Balaban J connectivity index is 0.000000319. The molecule has 28 heteroatoms. The van der Waals surface area contributed by atoms with Gasteiger partial charge in [-0.25, -0.2) is 9.97 Å². The molecule has 26 nitrogen and oxygen atoms in total. The standard InChI is InChI=1S/C37H52N6O7Si.C29H34N6O2.C9H20O5Si.2CH4/c1-45-51(46-2,47-3)26-8-22-49-29-37(44)43(20-15-38)21-18-39-19-23-48-24-25-50-32-13-11-30(12-14-32)31-27-35(33-9-4-6-16-40-33)42-36(28-31)34-10-5-7-17-41-34;30-11-14-31-15-16-32-17-18-36-19-20-37-25-9-7-23(8-10-25)24-21-28(26-5-1-3-12-33-26)35-29(22-24)27-6-2-4-13-34-27;1-10-15(11-2,12-3)6-4-5-13-7-9-8-14-9;;/h4-7,9-14,16-17,27-28,37,39,44H,8,15,18-26,29,38H2,1-3H3;1-10,12-13,21-22,31-32H,11,14-20,30H2;9H,4-8H2,1-3H3;2*1H4. The van der Waals surface area contributed by atoms with Crippen molar-refractivity contribution in [3.05, 3.63) is 170 Å². The third kappa shape index (κ3) is 32.3. The highest BCUT2D eigenvalue weighted by Crippen LogP contribution is 2.32. The molecule has 2 aromatic carbocycles. The summed E-state index contributed by atoms with van der Waals surface area (Å²) in [5, 5.41) is 20.5. The Kier molecular flexibility index (Phi) is 43.6. The first-order valence-corrected chi connectivity index (χ1v) is 38.8. The van der Waals surface area contributed by atoms with E-state index in [1.807, 2.05) is 126 Å². The lowest BCUT2D eigenvalue weighted by Gasteiger charge is -2.27. The van der Waals surface area contributed by atoms with Crippen LogP contribution in [-0.2, 0) is 50.2 Å². The van der Waals surface area contributed by atoms with Crippen LogP contribution in [0, 0.1) is 0 Å². The molecule has 0 radical (unpaired) electrons. The first-order chi connectivity index (χ1) is 50.6. The SMILES string of the molecule is C.C.CO[Si](CCCOCC(O)N(CCN)CCNCCOCCOc1ccc(-c2cc(-c3ccccn3)nc(-c3ccccn3)c2)cc1)(OC)OC.CO[Si](CCCOCC1CO1)(OC)OC.NCCNCCNCCOCCOc1ccc(-c2cc(-c3ccccn3)nc(-c3ccccn3)c2)cc1. The normalized spacial score (nSPS) is 12.8. The number of benzene rings is 2. The number of nitrogens with zero attached hydrogens (tertiary/aromatic N) is 7. The summed E-state index contributed by atoms with van der Waals surface area (Å²) >= 11 is 0. The number of nitrogens with one attached hydrogen (secondary N) is 3. The minimum Gasteiger partial charge on any atom is -0.491 e. The maximum Gasteiger partial charge on any atom is 0.500 e. The van der Waals surface area contributed by atoms with Gasteiger partial charge in [0, 0.05) is 158 Å². The van der Waals surface area contributed by atoms with Gasteiger partial charge in [0.15, 0.2) is 0 Å². The zero-order valence-corrected chi connectivity index (χ0v) is 62.5. The predicted octanol–water partition coefficient (Wildman–Crippen LogP) is 9.07. The fourth-order valence-electron chi connectivity index (χ4n) is 10.4. The number of aliphatic hydroxyl groups excluding tert-OH is 1. The number of aliphatic hydroxyl groups is 1. The van der Waals surface area contributed by atoms with Crippen LogP contribution >= 0.6 is 0 Å². The van der Waals surface area contributed by atoms with E-state index >= 15 is 0 Å². The molecule has 1 aliphatic heterocycles. The van der Waals surface area contributed by atoms with Crippen molar-refractivity contribution in [3.8, 4) is 79.3 Å². The van der Waals surface area contributed by atoms with E-state index in [2.05, 4.69) is 60.2 Å². The maximum absolute atomic E-state index is 10.6. The van der Waals surface area contributed by atoms with Crippen molar-refractivity contribution in [1.82, 2.24) is 50.8 Å². The molecule has 9 rings (SSSR count). The lowest BCUT2D eigenvalue weighted by atomic mass is 10.0. The van der Waals surface area contributed by atoms with Crippen LogP contribution in [0.4, 0.5) is 0 Å². The molecule has 0 spiro atoms. The molecule has 7 heterocycles. The Hall–Kier alpha value is -7.35. The molecule has 574 valence electrons. The molecule has 1 fully saturated rings. The Morgan fingerprint density at radius 3 is 1.19 bits per heavy atom. The molecule has 0 saturated carbocycles. The van der Waals surface area contributed by atoms with Crippen LogP contribution in [0.2, 0.25) is 12.1 Å². The molecular weight excluding hydrogens is 1370 g/mol. The molecule has 105 heavy (non-hydrogen) atoms. The van der Waals surface area contributed by atoms with Gasteiger partial charge in [0.05, 0.1) is 91.8 Å². The molecular formula is C77H114N12O14Si2. The molecule has 0 aliphatic carbocycles. The van der Waals surface area contributed by atoms with E-state index in [1.165, 1.54) is 0 Å². The minimum absolute atomic E-state index is 0. The fourth-order valence-corrected chi connectivity index (χ4v) is 13.8. The summed E-state index contributed by atoms with van der Waals surface area (Å²) in [6, 6.07) is 48.9. The van der Waals surface area contributed by atoms with Gasteiger partial charge in [-0.1, -0.05) is 63.4 Å². The monoisotopic (exact) mass is 1490 g/mol. The van der Waals surface area contributed by atoms with Gasteiger partial charge < -0.3 is 92.2 Å². The van der Waals surface area contributed by atoms with Crippen LogP contribution in [0.15, 0.2) is 170 Å². The smallest absolute Gasteiger partial charge is 0.491 e. The summed E-state index contributed by atoms with van der Waals surface area (Å²) in [6.45, 7) is 13.1. The number of pyridine rings is 6. The summed E-state index contributed by atoms with van der Waals surface area (Å²) in [4.78, 5) is 29.6. The van der Waals surface area contributed by atoms with Crippen LogP contribution in [0.3, 0.4) is 0 Å². The first-order valence-electron chi connectivity index (χ1n) is 34.9. The van der Waals surface area contributed by atoms with E-state index in [0.717, 1.165) is 125 Å². The van der Waals surface area contributed by atoms with Crippen molar-refractivity contribution < 1.29 is 64.8 Å². The highest BCUT2D eigenvalue weighted by atomic mass is 28.4. The lowest BCUT2D eigenvalue weighted by Crippen LogP contribution is -2.45. The van der Waals surface area contributed by atoms with Crippen molar-refractivity contribution >= 4 is 17.6 Å². The Labute approximate surface area is 624 Å². The van der Waals surface area contributed by atoms with Gasteiger partial charge >= 0.3 is 17.6 Å². The topological polar surface area (TPSA) is 312 Å². The van der Waals surface area contributed by atoms with Crippen molar-refractivity contribution in [2.75, 3.05) is 181 Å². The van der Waals surface area contributed by atoms with Crippen molar-refractivity contribution in [2.45, 2.75) is 52.1 Å². The van der Waals surface area contributed by atoms with Crippen LogP contribution in [0.5, 0.6) is 11.5 Å². The molecule has 1 aliphatic rings. The average Bonchev–Trinajstić information content (AvgIpc) is 1.81. The van der Waals surface area contributed by atoms with Crippen LogP contribution < -0.4 is 36.9 Å². The largest absolute Gasteiger partial charge is 0.500 e. The molecule has 2 atom stereocenters. The maximum atomic E-state index is 10.6. The predicted molar refractivity (Wildman–Crippen MR) is 416 cm³/mol. The highest BCUT2D eigenvalue weighted by Gasteiger charge is 2.38. The lowest BCUT2D eigenvalue weighted by molar-refractivity contribution is -0.0570. The summed E-state index contributed by atoms with van der Waals surface area (Å²) < 4.78 is 71.5. The summed E-state index contributed by atoms with van der Waals surface area (Å²) in [5.74, 6) is 1.57. The second kappa shape index (κ2) is 51.8. The van der Waals surface area contributed by atoms with Gasteiger partial charge in [0.1, 0.15) is 37.0 Å². The van der Waals surface area contributed by atoms with Crippen LogP contribution in [-0.4, -0.2) is 251 Å². The van der Waals surface area contributed by atoms with Crippen LogP contribution in [0.1, 0.15) is 27.7 Å². The van der Waals surface area contributed by atoms with E-state index in [9.17, 15) is 5.11 Å². The molecule has 0 amide bonds. The van der Waals surface area contributed by atoms with Gasteiger partial charge in [-0.2, -0.15) is 0 Å². The zero-order chi connectivity index (χ0) is 72.8. The molecule has 8 N–H and O–H groups in total. The number of hydrogen-bond acceptors (Lipinski definition) is 26. The molecule has 2 unspecified atom stereocenters. The molecule has 6 aromatic heterocycles. The number of aromatic nitrogens is 6. The second-order valence-electron chi connectivity index (χ2n) is 23.3. The summed E-state index contributed by atoms with van der Waals surface area (Å²) in [5.41, 5.74) is 21.8. The van der Waals surface area contributed by atoms with E-state index < -0.39 is 23.8 Å². The summed E-state index contributed by atoms with van der Waals surface area (Å²) in [7, 11) is 4.64. The van der Waals surface area contributed by atoms with Crippen molar-refractivity contribution in [2.24, 2.45) is 11.5 Å². The van der Waals surface area contributed by atoms with Crippen molar-refractivity contribution in [3.63, 3.8) is 0 Å². The highest BCUT2D eigenvalue weighted by molar-refractivity contribution is 6.60. The zero-order valence-electron chi connectivity index (χ0n) is 60.5. The fraction of sp³-hybridized carbons (Fsp3) is 0.455. The van der Waals surface area contributed by atoms with E-state index in [-0.39, 0.29) is 21.5 Å². The van der Waals surface area contributed by atoms with Gasteiger partial charge in [-0.05, 0) is 132 Å². The number of ether oxygens (including phenoxy) is 7. The molecule has 0 bridgehead atoms. The Morgan fingerprint density at radius 2 is 0.829 bits per heavy atom. The van der Waals surface area contributed by atoms with E-state index in [1.54, 1.807) is 67.4 Å². The quantitative estimate of drug-likeness (QED) is 0.00896. The Bertz CT molecular complexity index is 3370. The van der Waals surface area contributed by atoms with Gasteiger partial charge in [-0.15, -0.1) is 0 Å². The molecule has 8 aromatic rings. The second-order valence-corrected chi connectivity index (χ2v) is 29.5. The van der Waals surface area contributed by atoms with Crippen molar-refractivity contribution in [1.29, 1.82) is 0 Å². The average molecular weight is 1490 g/mol. The molecule has 1 saturated heterocycles. The van der Waals surface area contributed by atoms with Gasteiger partial charge in [0.25, 0.3) is 0 Å². The Morgan fingerprint density at radius 1 is 0.438 bits per heavy atom. The minimum atomic E-state index is -2.61.